The molecule has 0 spiro atoms. The first-order valence-electron chi connectivity index (χ1n) is 8.55. The predicted molar refractivity (Wildman–Crippen MR) is 96.5 cm³/mol. The molecule has 0 saturated carbocycles. The second-order valence-corrected chi connectivity index (χ2v) is 6.11. The molecule has 130 valence electrons. The van der Waals surface area contributed by atoms with Crippen LogP contribution in [0.25, 0.3) is 0 Å². The fraction of sp³-hybridized carbons (Fsp3) is 0.300. The van der Waals surface area contributed by atoms with Crippen LogP contribution >= 0.6 is 0 Å². The van der Waals surface area contributed by atoms with Crippen LogP contribution in [0.3, 0.4) is 0 Å². The molecule has 2 aromatic rings. The van der Waals surface area contributed by atoms with Gasteiger partial charge in [0.25, 0.3) is 5.91 Å². The molecule has 2 amide bonds. The molecule has 3 rings (SSSR count). The summed E-state index contributed by atoms with van der Waals surface area (Å²) in [5.74, 6) is 0.615. The molecule has 0 aliphatic carbocycles. The third-order valence-electron chi connectivity index (χ3n) is 4.16. The molecule has 5 nitrogen and oxygen atoms in total. The first-order chi connectivity index (χ1) is 12.2. The van der Waals surface area contributed by atoms with Gasteiger partial charge in [-0.15, -0.1) is 0 Å². The molecule has 0 unspecified atom stereocenters. The van der Waals surface area contributed by atoms with Gasteiger partial charge in [-0.05, 0) is 42.7 Å². The van der Waals surface area contributed by atoms with E-state index in [2.05, 4.69) is 5.32 Å². The average Bonchev–Trinajstić information content (AvgIpc) is 3.17. The maximum absolute atomic E-state index is 12.1. The smallest absolute Gasteiger partial charge is 0.262 e. The fourth-order valence-electron chi connectivity index (χ4n) is 2.82. The normalized spacial score (nSPS) is 13.5. The fourth-order valence-corrected chi connectivity index (χ4v) is 2.82. The van der Waals surface area contributed by atoms with Gasteiger partial charge in [-0.3, -0.25) is 9.59 Å². The molecule has 0 bridgehead atoms. The van der Waals surface area contributed by atoms with E-state index in [4.69, 9.17) is 4.74 Å². The van der Waals surface area contributed by atoms with Crippen LogP contribution in [0.15, 0.2) is 54.6 Å². The van der Waals surface area contributed by atoms with Crippen molar-refractivity contribution in [2.75, 3.05) is 25.0 Å². The van der Waals surface area contributed by atoms with Crippen molar-refractivity contribution in [1.29, 1.82) is 0 Å². The van der Waals surface area contributed by atoms with E-state index in [1.807, 2.05) is 47.4 Å². The largest absolute Gasteiger partial charge is 0.484 e. The highest BCUT2D eigenvalue weighted by Crippen LogP contribution is 2.14. The summed E-state index contributed by atoms with van der Waals surface area (Å²) < 4.78 is 5.41. The van der Waals surface area contributed by atoms with Crippen LogP contribution in [0.2, 0.25) is 0 Å². The number of para-hydroxylation sites is 1. The number of nitrogens with zero attached hydrogens (tertiary/aromatic N) is 1. The van der Waals surface area contributed by atoms with Gasteiger partial charge in [0.15, 0.2) is 6.61 Å². The van der Waals surface area contributed by atoms with E-state index in [1.165, 1.54) is 0 Å². The summed E-state index contributed by atoms with van der Waals surface area (Å²) in [5.41, 5.74) is 1.65. The molecule has 1 aliphatic heterocycles. The Morgan fingerprint density at radius 1 is 0.960 bits per heavy atom. The van der Waals surface area contributed by atoms with Crippen LogP contribution in [0.4, 0.5) is 5.69 Å². The monoisotopic (exact) mass is 338 g/mol. The van der Waals surface area contributed by atoms with Gasteiger partial charge in [0.1, 0.15) is 5.75 Å². The van der Waals surface area contributed by atoms with Crippen LogP contribution in [-0.4, -0.2) is 36.4 Å². The van der Waals surface area contributed by atoms with Gasteiger partial charge in [-0.2, -0.15) is 0 Å². The summed E-state index contributed by atoms with van der Waals surface area (Å²) >= 11 is 0. The van der Waals surface area contributed by atoms with Crippen molar-refractivity contribution in [3.63, 3.8) is 0 Å². The van der Waals surface area contributed by atoms with Gasteiger partial charge >= 0.3 is 0 Å². The predicted octanol–water partition coefficient (Wildman–Crippen LogP) is 2.87. The number of amides is 2. The van der Waals surface area contributed by atoms with Crippen LogP contribution in [0.1, 0.15) is 18.4 Å². The molecule has 1 N–H and O–H groups in total. The standard InChI is InChI=1S/C20H22N2O3/c23-19(15-25-18-6-2-1-3-7-18)21-17-10-8-16(9-11-17)14-20(24)22-12-4-5-13-22/h1-3,6-11H,4-5,12-15H2,(H,21,23). The van der Waals surface area contributed by atoms with E-state index in [9.17, 15) is 9.59 Å². The van der Waals surface area contributed by atoms with Crippen molar-refractivity contribution in [2.24, 2.45) is 0 Å². The lowest BCUT2D eigenvalue weighted by Gasteiger charge is -2.15. The van der Waals surface area contributed by atoms with Gasteiger partial charge in [0.2, 0.25) is 5.91 Å². The maximum atomic E-state index is 12.1. The molecule has 2 aromatic carbocycles. The van der Waals surface area contributed by atoms with Gasteiger partial charge in [-0.1, -0.05) is 30.3 Å². The van der Waals surface area contributed by atoms with E-state index in [1.54, 1.807) is 12.1 Å². The first-order valence-corrected chi connectivity index (χ1v) is 8.55. The van der Waals surface area contributed by atoms with Crippen LogP contribution in [0, 0.1) is 0 Å². The molecular weight excluding hydrogens is 316 g/mol. The lowest BCUT2D eigenvalue weighted by molar-refractivity contribution is -0.129. The Hall–Kier alpha value is -2.82. The van der Waals surface area contributed by atoms with Crippen LogP contribution in [0.5, 0.6) is 5.75 Å². The Balaban J connectivity index is 1.46. The number of hydrogen-bond donors (Lipinski definition) is 1. The minimum absolute atomic E-state index is 0.0424. The summed E-state index contributed by atoms with van der Waals surface area (Å²) in [5, 5.41) is 2.79. The summed E-state index contributed by atoms with van der Waals surface area (Å²) in [6.45, 7) is 1.70. The third kappa shape index (κ3) is 5.08. The molecule has 1 saturated heterocycles. The van der Waals surface area contributed by atoms with Crippen molar-refractivity contribution in [2.45, 2.75) is 19.3 Å². The molecule has 25 heavy (non-hydrogen) atoms. The van der Waals surface area contributed by atoms with Gasteiger partial charge < -0.3 is 15.0 Å². The highest BCUT2D eigenvalue weighted by Gasteiger charge is 2.17. The van der Waals surface area contributed by atoms with Crippen molar-refractivity contribution in [1.82, 2.24) is 4.90 Å². The van der Waals surface area contributed by atoms with Crippen molar-refractivity contribution < 1.29 is 14.3 Å². The molecule has 1 fully saturated rings. The zero-order valence-electron chi connectivity index (χ0n) is 14.1. The van der Waals surface area contributed by atoms with E-state index < -0.39 is 0 Å². The minimum atomic E-state index is -0.218. The minimum Gasteiger partial charge on any atom is -0.484 e. The number of likely N-dealkylation sites (tertiary alicyclic amines) is 1. The van der Waals surface area contributed by atoms with E-state index in [0.29, 0.717) is 17.9 Å². The van der Waals surface area contributed by atoms with Crippen LogP contribution in [-0.2, 0) is 16.0 Å². The van der Waals surface area contributed by atoms with E-state index >= 15 is 0 Å². The second-order valence-electron chi connectivity index (χ2n) is 6.11. The van der Waals surface area contributed by atoms with Gasteiger partial charge in [0, 0.05) is 18.8 Å². The summed E-state index contributed by atoms with van der Waals surface area (Å²) in [4.78, 5) is 26.0. The molecule has 0 radical (unpaired) electrons. The number of nitrogens with one attached hydrogen (secondary N) is 1. The van der Waals surface area contributed by atoms with Crippen molar-refractivity contribution in [3.05, 3.63) is 60.2 Å². The zero-order chi connectivity index (χ0) is 17.5. The molecular formula is C20H22N2O3. The lowest BCUT2D eigenvalue weighted by atomic mass is 10.1. The SMILES string of the molecule is O=C(COc1ccccc1)Nc1ccc(CC(=O)N2CCCC2)cc1. The third-order valence-corrected chi connectivity index (χ3v) is 4.16. The second kappa shape index (κ2) is 8.33. The molecule has 1 aliphatic rings. The van der Waals surface area contributed by atoms with Crippen molar-refractivity contribution in [3.8, 4) is 5.75 Å². The number of anilines is 1. The molecule has 5 heteroatoms. The first kappa shape index (κ1) is 17.0. The molecule has 0 aromatic heterocycles. The number of rotatable bonds is 6. The lowest BCUT2D eigenvalue weighted by Crippen LogP contribution is -2.29. The topological polar surface area (TPSA) is 58.6 Å². The van der Waals surface area contributed by atoms with Gasteiger partial charge in [-0.25, -0.2) is 0 Å². The summed E-state index contributed by atoms with van der Waals surface area (Å²) in [7, 11) is 0. The quantitative estimate of drug-likeness (QED) is 0.881. The van der Waals surface area contributed by atoms with E-state index in [0.717, 1.165) is 31.5 Å². The summed E-state index contributed by atoms with van der Waals surface area (Å²) in [6, 6.07) is 16.6. The number of ether oxygens (including phenoxy) is 1. The number of carbonyl (C=O) groups is 2. The Labute approximate surface area is 147 Å². The molecule has 0 atom stereocenters. The Morgan fingerprint density at radius 3 is 2.32 bits per heavy atom. The zero-order valence-corrected chi connectivity index (χ0v) is 14.1. The highest BCUT2D eigenvalue weighted by atomic mass is 16.5. The van der Waals surface area contributed by atoms with E-state index in [-0.39, 0.29) is 18.4 Å². The Bertz CT molecular complexity index is 707. The highest BCUT2D eigenvalue weighted by molar-refractivity contribution is 5.92. The number of hydrogen-bond acceptors (Lipinski definition) is 3. The maximum Gasteiger partial charge on any atom is 0.262 e. The number of benzene rings is 2. The Morgan fingerprint density at radius 2 is 1.64 bits per heavy atom. The summed E-state index contributed by atoms with van der Waals surface area (Å²) in [6.07, 6.45) is 2.61. The van der Waals surface area contributed by atoms with Gasteiger partial charge in [0.05, 0.1) is 6.42 Å². The molecule has 1 heterocycles. The van der Waals surface area contributed by atoms with Crippen LogP contribution < -0.4 is 10.1 Å². The van der Waals surface area contributed by atoms with Crippen molar-refractivity contribution >= 4 is 17.5 Å². The Kier molecular flexibility index (Phi) is 5.67. The number of carbonyl (C=O) groups excluding carboxylic acids is 2. The average molecular weight is 338 g/mol.